The molecular weight excluding hydrogens is 419 g/mol. The Balaban J connectivity index is 1.67. The summed E-state index contributed by atoms with van der Waals surface area (Å²) in [5, 5.41) is 0. The largest absolute Gasteiger partial charge is 0.416 e. The molecule has 3 nitrogen and oxygen atoms in total. The number of benzene rings is 2. The van der Waals surface area contributed by atoms with Crippen LogP contribution in [0.1, 0.15) is 34.4 Å². The van der Waals surface area contributed by atoms with Crippen molar-refractivity contribution in [1.82, 2.24) is 4.90 Å². The maximum absolute atomic E-state index is 13.2. The Morgan fingerprint density at radius 3 is 1.97 bits per heavy atom. The number of nitrogens with zero attached hydrogens (tertiary/aromatic N) is 1. The van der Waals surface area contributed by atoms with Crippen LogP contribution in [0.2, 0.25) is 0 Å². The maximum atomic E-state index is 13.2. The maximum Gasteiger partial charge on any atom is 0.416 e. The monoisotopic (exact) mass is 435 g/mol. The summed E-state index contributed by atoms with van der Waals surface area (Å²) >= 11 is 0. The normalized spacial score (nSPS) is 27.2. The Morgan fingerprint density at radius 2 is 1.43 bits per heavy atom. The molecule has 0 aromatic heterocycles. The lowest BCUT2D eigenvalue weighted by Crippen LogP contribution is -2.53. The number of morpholine rings is 2. The summed E-state index contributed by atoms with van der Waals surface area (Å²) in [7, 11) is 0. The molecule has 4 atom stereocenters. The Morgan fingerprint density at radius 1 is 0.833 bits per heavy atom. The van der Waals surface area contributed by atoms with Crippen molar-refractivity contribution in [3.8, 4) is 0 Å². The average molecular weight is 435 g/mol. The van der Waals surface area contributed by atoms with Gasteiger partial charge in [0.1, 0.15) is 5.82 Å². The minimum absolute atomic E-state index is 0.0700. The molecule has 0 amide bonds. The van der Waals surface area contributed by atoms with Gasteiger partial charge in [0.2, 0.25) is 0 Å². The van der Waals surface area contributed by atoms with Gasteiger partial charge >= 0.3 is 12.4 Å². The zero-order chi connectivity index (χ0) is 21.7. The molecule has 2 aliphatic rings. The van der Waals surface area contributed by atoms with Crippen LogP contribution >= 0.6 is 0 Å². The summed E-state index contributed by atoms with van der Waals surface area (Å²) in [5.74, 6) is -0.432. The molecule has 0 spiro atoms. The number of hydrogen-bond acceptors (Lipinski definition) is 3. The van der Waals surface area contributed by atoms with Gasteiger partial charge in [-0.3, -0.25) is 4.90 Å². The van der Waals surface area contributed by atoms with Crippen molar-refractivity contribution in [1.29, 1.82) is 0 Å². The first kappa shape index (κ1) is 21.1. The minimum atomic E-state index is -4.94. The zero-order valence-electron chi connectivity index (χ0n) is 15.3. The molecule has 2 aliphatic heterocycles. The molecule has 2 aromatic carbocycles. The number of alkyl halides is 6. The first-order valence-electron chi connectivity index (χ1n) is 9.08. The van der Waals surface area contributed by atoms with Crippen LogP contribution in [-0.4, -0.2) is 30.9 Å². The summed E-state index contributed by atoms with van der Waals surface area (Å²) in [6.07, 6.45) is -11.8. The van der Waals surface area contributed by atoms with Gasteiger partial charge in [-0.2, -0.15) is 26.3 Å². The molecule has 2 fully saturated rings. The van der Waals surface area contributed by atoms with Gasteiger partial charge in [-0.1, -0.05) is 12.1 Å². The second kappa shape index (κ2) is 7.51. The van der Waals surface area contributed by atoms with Gasteiger partial charge in [0.25, 0.3) is 0 Å². The van der Waals surface area contributed by atoms with Crippen LogP contribution < -0.4 is 0 Å². The molecule has 10 heteroatoms. The minimum Gasteiger partial charge on any atom is -0.349 e. The Hall–Kier alpha value is -2.17. The van der Waals surface area contributed by atoms with Crippen LogP contribution in [-0.2, 0) is 21.8 Å². The molecule has 30 heavy (non-hydrogen) atoms. The van der Waals surface area contributed by atoms with E-state index in [4.69, 9.17) is 9.47 Å². The van der Waals surface area contributed by atoms with Crippen LogP contribution in [0.4, 0.5) is 30.7 Å². The van der Waals surface area contributed by atoms with E-state index in [0.717, 1.165) is 0 Å². The van der Waals surface area contributed by atoms with Crippen molar-refractivity contribution >= 4 is 0 Å². The molecular formula is C20H16F7NO2. The van der Waals surface area contributed by atoms with Crippen LogP contribution in [0.5, 0.6) is 0 Å². The van der Waals surface area contributed by atoms with E-state index in [1.165, 1.54) is 12.1 Å². The predicted molar refractivity (Wildman–Crippen MR) is 90.7 cm³/mol. The van der Waals surface area contributed by atoms with Crippen molar-refractivity contribution in [3.63, 3.8) is 0 Å². The molecule has 2 bridgehead atoms. The number of rotatable bonds is 2. The van der Waals surface area contributed by atoms with Crippen LogP contribution in [0.3, 0.4) is 0 Å². The van der Waals surface area contributed by atoms with Gasteiger partial charge in [-0.15, -0.1) is 0 Å². The van der Waals surface area contributed by atoms with Crippen LogP contribution in [0, 0.1) is 5.82 Å². The van der Waals surface area contributed by atoms with Crippen molar-refractivity contribution in [3.05, 3.63) is 70.5 Å². The highest BCUT2D eigenvalue weighted by Gasteiger charge is 2.43. The van der Waals surface area contributed by atoms with Crippen molar-refractivity contribution < 1.29 is 40.2 Å². The molecule has 2 heterocycles. The van der Waals surface area contributed by atoms with Gasteiger partial charge in [-0.05, 0) is 41.5 Å². The smallest absolute Gasteiger partial charge is 0.349 e. The second-order valence-electron chi connectivity index (χ2n) is 7.19. The van der Waals surface area contributed by atoms with E-state index < -0.39 is 47.7 Å². The number of fused-ring (bicyclic) bond motifs is 2. The third-order valence-corrected chi connectivity index (χ3v) is 5.20. The SMILES string of the molecule is Fc1ccc([C@H]2C3OCCN2CC(c2cc(C(F)(F)F)cc(C(F)(F)F)c2)O3)cc1. The highest BCUT2D eigenvalue weighted by Crippen LogP contribution is 2.42. The van der Waals surface area contributed by atoms with Crippen LogP contribution in [0.15, 0.2) is 42.5 Å². The Kier molecular flexibility index (Phi) is 5.27. The first-order valence-corrected chi connectivity index (χ1v) is 9.08. The van der Waals surface area contributed by atoms with E-state index in [-0.39, 0.29) is 18.2 Å². The first-order chi connectivity index (χ1) is 14.0. The third-order valence-electron chi connectivity index (χ3n) is 5.20. The fraction of sp³-hybridized carbons (Fsp3) is 0.400. The van der Waals surface area contributed by atoms with E-state index in [2.05, 4.69) is 0 Å². The summed E-state index contributed by atoms with van der Waals surface area (Å²) < 4.78 is 104. The summed E-state index contributed by atoms with van der Waals surface area (Å²) in [4.78, 5) is 1.86. The quantitative estimate of drug-likeness (QED) is 0.595. The number of halogens is 7. The van der Waals surface area contributed by atoms with Crippen molar-refractivity contribution in [2.75, 3.05) is 19.7 Å². The predicted octanol–water partition coefficient (Wildman–Crippen LogP) is 5.33. The molecule has 162 valence electrons. The van der Waals surface area contributed by atoms with Gasteiger partial charge < -0.3 is 9.47 Å². The summed E-state index contributed by atoms with van der Waals surface area (Å²) in [5.41, 5.74) is -2.33. The molecule has 0 aliphatic carbocycles. The molecule has 0 radical (unpaired) electrons. The molecule has 2 saturated heterocycles. The number of ether oxygens (including phenoxy) is 2. The Labute approximate surface area is 167 Å². The molecule has 0 saturated carbocycles. The van der Waals surface area contributed by atoms with E-state index in [9.17, 15) is 30.7 Å². The highest BCUT2D eigenvalue weighted by molar-refractivity contribution is 5.35. The standard InChI is InChI=1S/C20H16F7NO2/c21-15-3-1-11(2-4-15)17-18-29-6-5-28(17)10-16(30-18)12-7-13(19(22,23)24)9-14(8-12)20(25,26)27/h1-4,7-9,16-18H,5-6,10H2/t16?,17-,18?/m0/s1. The van der Waals surface area contributed by atoms with Crippen molar-refractivity contribution in [2.45, 2.75) is 30.8 Å². The molecule has 2 aromatic rings. The lowest BCUT2D eigenvalue weighted by molar-refractivity contribution is -0.270. The van der Waals surface area contributed by atoms with E-state index >= 15 is 0 Å². The summed E-state index contributed by atoms with van der Waals surface area (Å²) in [6.45, 7) is 0.773. The second-order valence-corrected chi connectivity index (χ2v) is 7.19. The van der Waals surface area contributed by atoms with Gasteiger partial charge in [0.15, 0.2) is 6.29 Å². The third kappa shape index (κ3) is 4.17. The van der Waals surface area contributed by atoms with Gasteiger partial charge in [0, 0.05) is 13.1 Å². The van der Waals surface area contributed by atoms with Crippen molar-refractivity contribution in [2.24, 2.45) is 0 Å². The fourth-order valence-corrected chi connectivity index (χ4v) is 3.80. The highest BCUT2D eigenvalue weighted by atomic mass is 19.4. The van der Waals surface area contributed by atoms with E-state index in [0.29, 0.717) is 30.8 Å². The average Bonchev–Trinajstić information content (AvgIpc) is 2.66. The Bertz CT molecular complexity index is 865. The fourth-order valence-electron chi connectivity index (χ4n) is 3.80. The molecule has 3 unspecified atom stereocenters. The molecule has 4 rings (SSSR count). The molecule has 0 N–H and O–H groups in total. The van der Waals surface area contributed by atoms with Crippen LogP contribution in [0.25, 0.3) is 0 Å². The van der Waals surface area contributed by atoms with E-state index in [1.807, 2.05) is 4.90 Å². The topological polar surface area (TPSA) is 21.7 Å². The summed E-state index contributed by atoms with van der Waals surface area (Å²) in [6, 6.07) is 6.62. The zero-order valence-corrected chi connectivity index (χ0v) is 15.3. The van der Waals surface area contributed by atoms with Gasteiger partial charge in [0.05, 0.1) is 29.9 Å². The van der Waals surface area contributed by atoms with E-state index in [1.54, 1.807) is 12.1 Å². The lowest BCUT2D eigenvalue weighted by atomic mass is 9.96. The van der Waals surface area contributed by atoms with Gasteiger partial charge in [-0.25, -0.2) is 4.39 Å². The lowest BCUT2D eigenvalue weighted by Gasteiger charge is -2.48. The number of hydrogen-bond donors (Lipinski definition) is 0.